The van der Waals surface area contributed by atoms with E-state index in [-0.39, 0.29) is 11.5 Å². The fourth-order valence-corrected chi connectivity index (χ4v) is 2.99. The van der Waals surface area contributed by atoms with Crippen LogP contribution >= 0.6 is 0 Å². The molecule has 8 heteroatoms. The average Bonchev–Trinajstić information content (AvgIpc) is 2.77. The molecule has 0 spiro atoms. The van der Waals surface area contributed by atoms with E-state index in [9.17, 15) is 9.18 Å². The van der Waals surface area contributed by atoms with Crippen molar-refractivity contribution in [3.05, 3.63) is 95.7 Å². The number of amides is 1. The number of carbonyl (C=O) groups excluding carboxylic acids is 1. The van der Waals surface area contributed by atoms with E-state index in [1.165, 1.54) is 6.07 Å². The summed E-state index contributed by atoms with van der Waals surface area (Å²) in [5.74, 6) is 1.74. The normalized spacial score (nSPS) is 10.5. The number of nitrogens with zero attached hydrogens (tertiary/aromatic N) is 3. The molecule has 4 aromatic rings. The molecule has 0 unspecified atom stereocenters. The first kappa shape index (κ1) is 20.9. The minimum atomic E-state index is -0.408. The molecule has 0 aliphatic heterocycles. The van der Waals surface area contributed by atoms with Crippen molar-refractivity contribution in [1.82, 2.24) is 15.0 Å². The van der Waals surface area contributed by atoms with Gasteiger partial charge in [-0.1, -0.05) is 12.1 Å². The monoisotopic (exact) mass is 428 g/mol. The number of benzene rings is 2. The van der Waals surface area contributed by atoms with E-state index in [1.54, 1.807) is 50.4 Å². The second-order valence-electron chi connectivity index (χ2n) is 7.15. The van der Waals surface area contributed by atoms with Crippen LogP contribution in [-0.4, -0.2) is 20.9 Å². The van der Waals surface area contributed by atoms with E-state index in [0.29, 0.717) is 34.5 Å². The van der Waals surface area contributed by atoms with Crippen LogP contribution in [0.25, 0.3) is 0 Å². The number of halogens is 1. The molecule has 2 heterocycles. The summed E-state index contributed by atoms with van der Waals surface area (Å²) in [6.45, 7) is 3.46. The van der Waals surface area contributed by atoms with Gasteiger partial charge >= 0.3 is 0 Å². The smallest absolute Gasteiger partial charge is 0.255 e. The van der Waals surface area contributed by atoms with Crippen LogP contribution in [0, 0.1) is 19.7 Å². The fraction of sp³-hybridized carbons (Fsp3) is 0.0833. The SMILES string of the molecule is Cc1nc(Nc2ccc(NC(=O)c3ccc(C)c(F)c3)cc2)cc(Nc2ccccn2)n1. The first-order valence-electron chi connectivity index (χ1n) is 9.94. The third-order valence-electron chi connectivity index (χ3n) is 4.61. The van der Waals surface area contributed by atoms with Gasteiger partial charge in [0.2, 0.25) is 0 Å². The minimum Gasteiger partial charge on any atom is -0.340 e. The maximum Gasteiger partial charge on any atom is 0.255 e. The molecule has 2 aromatic heterocycles. The second kappa shape index (κ2) is 9.22. The number of hydrogen-bond acceptors (Lipinski definition) is 6. The summed E-state index contributed by atoms with van der Waals surface area (Å²) in [6.07, 6.45) is 1.70. The van der Waals surface area contributed by atoms with Crippen molar-refractivity contribution in [3.63, 3.8) is 0 Å². The van der Waals surface area contributed by atoms with Gasteiger partial charge in [-0.2, -0.15) is 0 Å². The summed E-state index contributed by atoms with van der Waals surface area (Å²) < 4.78 is 13.7. The quantitative estimate of drug-likeness (QED) is 0.383. The first-order valence-corrected chi connectivity index (χ1v) is 9.94. The Labute approximate surface area is 184 Å². The van der Waals surface area contributed by atoms with Crippen molar-refractivity contribution < 1.29 is 9.18 Å². The number of carbonyl (C=O) groups is 1. The largest absolute Gasteiger partial charge is 0.340 e. The molecular weight excluding hydrogens is 407 g/mol. The lowest BCUT2D eigenvalue weighted by Gasteiger charge is -2.11. The molecule has 0 aliphatic carbocycles. The highest BCUT2D eigenvalue weighted by Crippen LogP contribution is 2.21. The van der Waals surface area contributed by atoms with Crippen LogP contribution in [0.1, 0.15) is 21.7 Å². The Kier molecular flexibility index (Phi) is 6.03. The molecule has 3 N–H and O–H groups in total. The lowest BCUT2D eigenvalue weighted by molar-refractivity contribution is 0.102. The number of anilines is 5. The molecule has 4 rings (SSSR count). The first-order chi connectivity index (χ1) is 15.5. The molecule has 7 nitrogen and oxygen atoms in total. The molecule has 2 aromatic carbocycles. The summed E-state index contributed by atoms with van der Waals surface area (Å²) in [5.41, 5.74) is 2.14. The Balaban J connectivity index is 1.43. The Morgan fingerprint density at radius 3 is 2.22 bits per heavy atom. The lowest BCUT2D eigenvalue weighted by Crippen LogP contribution is -2.12. The highest BCUT2D eigenvalue weighted by molar-refractivity contribution is 6.04. The lowest BCUT2D eigenvalue weighted by atomic mass is 10.1. The molecule has 32 heavy (non-hydrogen) atoms. The van der Waals surface area contributed by atoms with Crippen LogP contribution in [0.2, 0.25) is 0 Å². The zero-order chi connectivity index (χ0) is 22.5. The summed E-state index contributed by atoms with van der Waals surface area (Å²) in [5, 5.41) is 9.14. The second-order valence-corrected chi connectivity index (χ2v) is 7.15. The number of aryl methyl sites for hydroxylation is 2. The average molecular weight is 428 g/mol. The number of hydrogen-bond donors (Lipinski definition) is 3. The van der Waals surface area contributed by atoms with Crippen LogP contribution < -0.4 is 16.0 Å². The van der Waals surface area contributed by atoms with E-state index in [1.807, 2.05) is 30.3 Å². The van der Waals surface area contributed by atoms with Gasteiger partial charge in [-0.25, -0.2) is 19.3 Å². The van der Waals surface area contributed by atoms with Gasteiger partial charge in [-0.3, -0.25) is 4.79 Å². The maximum atomic E-state index is 13.7. The molecule has 1 amide bonds. The Hall–Kier alpha value is -4.33. The Morgan fingerprint density at radius 1 is 0.812 bits per heavy atom. The summed E-state index contributed by atoms with van der Waals surface area (Å²) in [4.78, 5) is 25.4. The summed E-state index contributed by atoms with van der Waals surface area (Å²) >= 11 is 0. The van der Waals surface area contributed by atoms with Gasteiger partial charge in [0.25, 0.3) is 5.91 Å². The van der Waals surface area contributed by atoms with Gasteiger partial charge < -0.3 is 16.0 Å². The van der Waals surface area contributed by atoms with Gasteiger partial charge in [0.1, 0.15) is 29.1 Å². The van der Waals surface area contributed by atoms with Crippen LogP contribution in [0.4, 0.5) is 33.2 Å². The molecule has 0 fully saturated rings. The van der Waals surface area contributed by atoms with E-state index >= 15 is 0 Å². The van der Waals surface area contributed by atoms with E-state index in [2.05, 4.69) is 30.9 Å². The molecule has 0 aliphatic rings. The highest BCUT2D eigenvalue weighted by atomic mass is 19.1. The van der Waals surface area contributed by atoms with Crippen molar-refractivity contribution in [1.29, 1.82) is 0 Å². The molecular formula is C24H21FN6O. The van der Waals surface area contributed by atoms with Crippen molar-refractivity contribution >= 4 is 34.7 Å². The van der Waals surface area contributed by atoms with Crippen LogP contribution in [-0.2, 0) is 0 Å². The Bertz CT molecular complexity index is 1250. The maximum absolute atomic E-state index is 13.7. The zero-order valence-electron chi connectivity index (χ0n) is 17.6. The predicted molar refractivity (Wildman–Crippen MR) is 123 cm³/mol. The van der Waals surface area contributed by atoms with Crippen LogP contribution in [0.15, 0.2) is 72.9 Å². The molecule has 0 saturated heterocycles. The summed E-state index contributed by atoms with van der Waals surface area (Å²) in [6, 6.07) is 18.9. The van der Waals surface area contributed by atoms with Gasteiger partial charge in [0.15, 0.2) is 0 Å². The number of nitrogens with one attached hydrogen (secondary N) is 3. The van der Waals surface area contributed by atoms with E-state index in [4.69, 9.17) is 0 Å². The zero-order valence-corrected chi connectivity index (χ0v) is 17.6. The number of aromatic nitrogens is 3. The number of pyridine rings is 1. The fourth-order valence-electron chi connectivity index (χ4n) is 2.99. The minimum absolute atomic E-state index is 0.264. The van der Waals surface area contributed by atoms with Gasteiger partial charge in [-0.05, 0) is 67.9 Å². The third-order valence-corrected chi connectivity index (χ3v) is 4.61. The van der Waals surface area contributed by atoms with Gasteiger partial charge in [0.05, 0.1) is 0 Å². The highest BCUT2D eigenvalue weighted by Gasteiger charge is 2.09. The standard InChI is InChI=1S/C24H21FN6O/c1-15-6-7-17(13-20(15)25)24(32)30-19-10-8-18(9-11-19)29-22-14-23(28-16(2)27-22)31-21-5-3-4-12-26-21/h3-14H,1-2H3,(H,30,32)(H2,26,27,28,29,31). The van der Waals surface area contributed by atoms with Crippen LogP contribution in [0.5, 0.6) is 0 Å². The van der Waals surface area contributed by atoms with E-state index < -0.39 is 5.82 Å². The predicted octanol–water partition coefficient (Wildman–Crippen LogP) is 5.37. The molecule has 0 atom stereocenters. The van der Waals surface area contributed by atoms with Crippen molar-refractivity contribution in [3.8, 4) is 0 Å². The Morgan fingerprint density at radius 2 is 1.53 bits per heavy atom. The third kappa shape index (κ3) is 5.23. The van der Waals surface area contributed by atoms with Gasteiger partial charge in [0, 0.05) is 29.2 Å². The molecule has 160 valence electrons. The van der Waals surface area contributed by atoms with Crippen LogP contribution in [0.3, 0.4) is 0 Å². The molecule has 0 saturated carbocycles. The van der Waals surface area contributed by atoms with Crippen molar-refractivity contribution in [2.45, 2.75) is 13.8 Å². The van der Waals surface area contributed by atoms with Crippen molar-refractivity contribution in [2.24, 2.45) is 0 Å². The summed E-state index contributed by atoms with van der Waals surface area (Å²) in [7, 11) is 0. The topological polar surface area (TPSA) is 91.8 Å². The number of rotatable bonds is 6. The molecule has 0 bridgehead atoms. The van der Waals surface area contributed by atoms with Crippen molar-refractivity contribution in [2.75, 3.05) is 16.0 Å². The molecule has 0 radical (unpaired) electrons. The van der Waals surface area contributed by atoms with E-state index in [0.717, 1.165) is 5.69 Å². The van der Waals surface area contributed by atoms with Gasteiger partial charge in [-0.15, -0.1) is 0 Å².